The molecule has 0 unspecified atom stereocenters. The van der Waals surface area contributed by atoms with Gasteiger partial charge in [-0.3, -0.25) is 4.90 Å². The van der Waals surface area contributed by atoms with Crippen LogP contribution in [0.15, 0.2) is 24.3 Å². The van der Waals surface area contributed by atoms with Gasteiger partial charge < -0.3 is 20.7 Å². The number of hydrogen-bond donors (Lipinski definition) is 2. The highest BCUT2D eigenvalue weighted by Crippen LogP contribution is 2.49. The number of nitrogens with zero attached hydrogens (tertiary/aromatic N) is 5. The lowest BCUT2D eigenvalue weighted by molar-refractivity contribution is -0.137. The van der Waals surface area contributed by atoms with Gasteiger partial charge in [0.25, 0.3) is 6.08 Å². The molecule has 4 saturated heterocycles. The van der Waals surface area contributed by atoms with Gasteiger partial charge in [-0.1, -0.05) is 6.58 Å². The van der Waals surface area contributed by atoms with Crippen LogP contribution in [0.3, 0.4) is 0 Å². The normalized spacial score (nSPS) is 27.6. The van der Waals surface area contributed by atoms with Crippen molar-refractivity contribution in [2.45, 2.75) is 75.3 Å². The van der Waals surface area contributed by atoms with Crippen LogP contribution in [0.4, 0.5) is 42.4 Å². The number of nitrogens with one attached hydrogen (secondary N) is 1. The van der Waals surface area contributed by atoms with E-state index in [4.69, 9.17) is 13.2 Å². The first-order valence-corrected chi connectivity index (χ1v) is 15.8. The monoisotopic (exact) mass is 677 g/mol. The lowest BCUT2D eigenvalue weighted by Crippen LogP contribution is -2.58. The van der Waals surface area contributed by atoms with Crippen LogP contribution in [0, 0.1) is 18.6 Å². The fraction of sp³-hybridized carbons (Fsp3) is 0.485. The van der Waals surface area contributed by atoms with Crippen LogP contribution in [-0.4, -0.2) is 69.7 Å². The Bertz CT molecular complexity index is 2020. The van der Waals surface area contributed by atoms with Gasteiger partial charge in [-0.2, -0.15) is 31.9 Å². The molecule has 3 aromatic rings. The summed E-state index contributed by atoms with van der Waals surface area (Å²) in [6.45, 7) is 3.05. The summed E-state index contributed by atoms with van der Waals surface area (Å²) in [5.74, 6) is -3.23. The maximum Gasteiger partial charge on any atom is 0.418 e. The molecule has 4 fully saturated rings. The molecule has 0 aliphatic carbocycles. The SMILES string of the molecule is [2H]C([2H])(Oc1nc2c3c(c(F)c(-c4nc(N)cc(C)c4C(F)(F)F)c(F)c3n1)C(=C)C[C@H]1[C@@H]3CC[C@H](CN21)N3)[C@@]12CCCN1CC(=C(F)F)C2. The summed E-state index contributed by atoms with van der Waals surface area (Å²) >= 11 is 0. The van der Waals surface area contributed by atoms with E-state index in [9.17, 15) is 22.0 Å². The molecule has 15 heteroatoms. The first-order chi connectivity index (χ1) is 23.5. The van der Waals surface area contributed by atoms with Crippen molar-refractivity contribution in [1.82, 2.24) is 25.2 Å². The molecule has 2 aromatic heterocycles. The molecule has 0 amide bonds. The summed E-state index contributed by atoms with van der Waals surface area (Å²) in [6, 6.07) is -0.201. The number of aromatic nitrogens is 3. The Morgan fingerprint density at radius 1 is 1.19 bits per heavy atom. The molecule has 8 nitrogen and oxygen atoms in total. The average molecular weight is 678 g/mol. The number of alkyl halides is 3. The largest absolute Gasteiger partial charge is 0.461 e. The number of halogens is 7. The van der Waals surface area contributed by atoms with E-state index in [0.29, 0.717) is 19.5 Å². The van der Waals surface area contributed by atoms with E-state index < -0.39 is 75.7 Å². The van der Waals surface area contributed by atoms with Crippen molar-refractivity contribution in [3.63, 3.8) is 0 Å². The molecular formula is C33H32F7N7O. The smallest absolute Gasteiger partial charge is 0.418 e. The second kappa shape index (κ2) is 10.8. The van der Waals surface area contributed by atoms with Crippen molar-refractivity contribution in [2.24, 2.45) is 0 Å². The van der Waals surface area contributed by atoms with Gasteiger partial charge in [0.15, 0.2) is 5.82 Å². The van der Waals surface area contributed by atoms with E-state index >= 15 is 8.78 Å². The molecule has 0 radical (unpaired) electrons. The van der Waals surface area contributed by atoms with Crippen molar-refractivity contribution >= 4 is 28.1 Å². The van der Waals surface area contributed by atoms with Crippen LogP contribution in [-0.2, 0) is 6.18 Å². The number of fused-ring (bicyclic) bond motifs is 6. The number of rotatable bonds is 4. The summed E-state index contributed by atoms with van der Waals surface area (Å²) in [5, 5.41) is 3.37. The Labute approximate surface area is 273 Å². The highest BCUT2D eigenvalue weighted by atomic mass is 19.4. The van der Waals surface area contributed by atoms with E-state index in [0.717, 1.165) is 25.8 Å². The van der Waals surface area contributed by atoms with Crippen molar-refractivity contribution < 1.29 is 38.2 Å². The Morgan fingerprint density at radius 3 is 2.73 bits per heavy atom. The molecule has 5 aliphatic rings. The zero-order valence-corrected chi connectivity index (χ0v) is 25.7. The summed E-state index contributed by atoms with van der Waals surface area (Å²) in [7, 11) is 0. The molecule has 4 atom stereocenters. The molecule has 48 heavy (non-hydrogen) atoms. The van der Waals surface area contributed by atoms with E-state index in [1.165, 1.54) is 0 Å². The number of anilines is 2. The third-order valence-corrected chi connectivity index (χ3v) is 10.5. The minimum Gasteiger partial charge on any atom is -0.461 e. The van der Waals surface area contributed by atoms with Crippen molar-refractivity contribution in [3.05, 3.63) is 52.6 Å². The molecule has 0 saturated carbocycles. The molecule has 0 spiro atoms. The van der Waals surface area contributed by atoms with Gasteiger partial charge in [0.1, 0.15) is 29.5 Å². The van der Waals surface area contributed by atoms with Gasteiger partial charge in [0.2, 0.25) is 0 Å². The van der Waals surface area contributed by atoms with Gasteiger partial charge >= 0.3 is 12.2 Å². The number of benzene rings is 1. The Hall–Kier alpha value is -3.98. The van der Waals surface area contributed by atoms with Crippen molar-refractivity contribution in [2.75, 3.05) is 36.8 Å². The molecule has 3 N–H and O–H groups in total. The molecule has 7 heterocycles. The van der Waals surface area contributed by atoms with Gasteiger partial charge in [0.05, 0.1) is 30.5 Å². The van der Waals surface area contributed by atoms with Gasteiger partial charge in [-0.25, -0.2) is 13.8 Å². The number of pyridine rings is 1. The van der Waals surface area contributed by atoms with Crippen LogP contribution in [0.2, 0.25) is 0 Å². The van der Waals surface area contributed by atoms with Crippen LogP contribution < -0.4 is 20.7 Å². The predicted octanol–water partition coefficient (Wildman–Crippen LogP) is 6.37. The molecule has 1 aromatic carbocycles. The van der Waals surface area contributed by atoms with Gasteiger partial charge in [-0.15, -0.1) is 0 Å². The van der Waals surface area contributed by atoms with Gasteiger partial charge in [-0.05, 0) is 69.2 Å². The second-order valence-electron chi connectivity index (χ2n) is 13.4. The summed E-state index contributed by atoms with van der Waals surface area (Å²) in [4.78, 5) is 16.0. The number of piperazine rings is 1. The van der Waals surface area contributed by atoms with E-state index in [1.807, 2.05) is 4.90 Å². The van der Waals surface area contributed by atoms with Gasteiger partial charge in [0, 0.05) is 42.4 Å². The summed E-state index contributed by atoms with van der Waals surface area (Å²) in [6.07, 6.45) is -4.88. The van der Waals surface area contributed by atoms with E-state index in [-0.39, 0.29) is 71.8 Å². The quantitative estimate of drug-likeness (QED) is 0.308. The minimum atomic E-state index is -5.08. The van der Waals surface area contributed by atoms with Crippen LogP contribution >= 0.6 is 0 Å². The standard InChI is InChI=1S/C33H32F7N7O/c1-14-8-19-18-5-4-17(42-18)12-47(19)30-22-21(14)25(34)23(27-24(33(38,39)40)15(2)9-20(41)43-27)26(35)28(22)44-31(45-30)48-13-32-6-3-7-46(32)11-16(10-32)29(36)37/h9,17-19,42H,1,3-8,10-13H2,2H3,(H2,41,43)/t17-,18+,19+,32+/m1/s1/i13D2. The fourth-order valence-electron chi connectivity index (χ4n) is 8.46. The highest BCUT2D eigenvalue weighted by molar-refractivity contribution is 6.03. The third kappa shape index (κ3) is 4.67. The zero-order chi connectivity index (χ0) is 35.7. The maximum atomic E-state index is 17.0. The van der Waals surface area contributed by atoms with Crippen LogP contribution in [0.25, 0.3) is 27.7 Å². The maximum absolute atomic E-state index is 17.0. The van der Waals surface area contributed by atoms with Crippen LogP contribution in [0.1, 0.15) is 58.0 Å². The van der Waals surface area contributed by atoms with Crippen LogP contribution in [0.5, 0.6) is 6.01 Å². The molecular weight excluding hydrogens is 643 g/mol. The topological polar surface area (TPSA) is 92.4 Å². The predicted molar refractivity (Wildman–Crippen MR) is 164 cm³/mol. The highest BCUT2D eigenvalue weighted by Gasteiger charge is 2.49. The Balaban J connectivity index is 1.38. The summed E-state index contributed by atoms with van der Waals surface area (Å²) in [5.41, 5.74) is -0.635. The Morgan fingerprint density at radius 2 is 1.98 bits per heavy atom. The molecule has 254 valence electrons. The van der Waals surface area contributed by atoms with Crippen molar-refractivity contribution in [3.8, 4) is 17.3 Å². The number of aryl methyl sites for hydroxylation is 1. The molecule has 2 bridgehead atoms. The van der Waals surface area contributed by atoms with Crippen molar-refractivity contribution in [1.29, 1.82) is 0 Å². The lowest BCUT2D eigenvalue weighted by atomic mass is 9.90. The average Bonchev–Trinajstić information content (AvgIpc) is 3.69. The lowest BCUT2D eigenvalue weighted by Gasteiger charge is -2.41. The third-order valence-electron chi connectivity index (χ3n) is 10.5. The van der Waals surface area contributed by atoms with E-state index in [2.05, 4.69) is 26.8 Å². The minimum absolute atomic E-state index is 0.0000926. The second-order valence-corrected chi connectivity index (χ2v) is 13.4. The molecule has 8 rings (SSSR count). The number of nitrogen functional groups attached to an aromatic ring is 1. The van der Waals surface area contributed by atoms with E-state index in [1.54, 1.807) is 4.90 Å². The molecule has 5 aliphatic heterocycles. The summed E-state index contributed by atoms with van der Waals surface area (Å²) < 4.78 is 129. The zero-order valence-electron chi connectivity index (χ0n) is 27.7. The Kier molecular flexibility index (Phi) is 6.50. The first-order valence-electron chi connectivity index (χ1n) is 16.8. The fourth-order valence-corrected chi connectivity index (χ4v) is 8.46. The first kappa shape index (κ1) is 29.0. The number of ether oxygens (including phenoxy) is 1. The number of nitrogens with two attached hydrogens (primary N) is 1. The number of hydrogen-bond acceptors (Lipinski definition) is 8.